The fourth-order valence-electron chi connectivity index (χ4n) is 2.55. The highest BCUT2D eigenvalue weighted by atomic mass is 19.1. The van der Waals surface area contributed by atoms with Gasteiger partial charge in [-0.3, -0.25) is 4.90 Å². The van der Waals surface area contributed by atoms with E-state index in [9.17, 15) is 4.39 Å². The number of aliphatic hydroxyl groups excluding tert-OH is 1. The Morgan fingerprint density at radius 3 is 2.95 bits per heavy atom. The summed E-state index contributed by atoms with van der Waals surface area (Å²) in [6.45, 7) is 2.00. The van der Waals surface area contributed by atoms with Gasteiger partial charge in [0.15, 0.2) is 0 Å². The zero-order valence-corrected chi connectivity index (χ0v) is 12.4. The van der Waals surface area contributed by atoms with Crippen LogP contribution < -0.4 is 0 Å². The second kappa shape index (κ2) is 8.14. The highest BCUT2D eigenvalue weighted by molar-refractivity contribution is 5.37. The molecule has 2 rings (SSSR count). The maximum atomic E-state index is 14.0. The smallest absolute Gasteiger partial charge is 0.128 e. The molecule has 1 aliphatic rings. The third-order valence-electron chi connectivity index (χ3n) is 3.59. The highest BCUT2D eigenvalue weighted by Crippen LogP contribution is 2.16. The maximum Gasteiger partial charge on any atom is 0.128 e. The molecule has 0 bridgehead atoms. The van der Waals surface area contributed by atoms with Crippen LogP contribution in [0.2, 0.25) is 0 Å². The molecule has 114 valence electrons. The van der Waals surface area contributed by atoms with Crippen LogP contribution >= 0.6 is 0 Å². The van der Waals surface area contributed by atoms with Crippen LogP contribution in [0.5, 0.6) is 0 Å². The van der Waals surface area contributed by atoms with E-state index in [-0.39, 0.29) is 18.5 Å². The first-order valence-electron chi connectivity index (χ1n) is 7.37. The first kappa shape index (κ1) is 16.0. The lowest BCUT2D eigenvalue weighted by Crippen LogP contribution is -2.33. The van der Waals surface area contributed by atoms with E-state index >= 15 is 0 Å². The summed E-state index contributed by atoms with van der Waals surface area (Å²) in [6, 6.07) is 4.96. The van der Waals surface area contributed by atoms with Crippen molar-refractivity contribution in [3.63, 3.8) is 0 Å². The summed E-state index contributed by atoms with van der Waals surface area (Å²) in [5, 5.41) is 8.64. The van der Waals surface area contributed by atoms with Crippen LogP contribution in [0.3, 0.4) is 0 Å². The highest BCUT2D eigenvalue weighted by Gasteiger charge is 2.16. The Morgan fingerprint density at radius 1 is 1.43 bits per heavy atom. The second-order valence-electron chi connectivity index (χ2n) is 5.45. The summed E-state index contributed by atoms with van der Waals surface area (Å²) in [6.07, 6.45) is 3.71. The average Bonchev–Trinajstić information content (AvgIpc) is 2.48. The molecule has 0 spiro atoms. The minimum Gasteiger partial charge on any atom is -0.384 e. The Hall–Kier alpha value is -1.41. The lowest BCUT2D eigenvalue weighted by molar-refractivity contribution is -0.00272. The van der Waals surface area contributed by atoms with Gasteiger partial charge in [-0.2, -0.15) is 0 Å². The third kappa shape index (κ3) is 5.13. The van der Waals surface area contributed by atoms with E-state index in [1.54, 1.807) is 12.1 Å². The van der Waals surface area contributed by atoms with Gasteiger partial charge in [-0.15, -0.1) is 0 Å². The number of hydrogen-bond donors (Lipinski definition) is 1. The second-order valence-corrected chi connectivity index (χ2v) is 5.45. The number of benzene rings is 1. The van der Waals surface area contributed by atoms with Crippen molar-refractivity contribution in [2.24, 2.45) is 0 Å². The predicted octanol–water partition coefficient (Wildman–Crippen LogP) is 2.17. The molecule has 1 aromatic carbocycles. The van der Waals surface area contributed by atoms with Crippen molar-refractivity contribution in [2.45, 2.75) is 31.9 Å². The number of ether oxygens (including phenoxy) is 1. The molecule has 1 N–H and O–H groups in total. The number of rotatable bonds is 4. The SMILES string of the molecule is CN(Cc1ccc(C#CCO)cc1F)CC1CCCCO1. The van der Waals surface area contributed by atoms with E-state index in [0.29, 0.717) is 17.7 Å². The summed E-state index contributed by atoms with van der Waals surface area (Å²) in [7, 11) is 1.98. The molecule has 3 nitrogen and oxygen atoms in total. The van der Waals surface area contributed by atoms with Crippen molar-refractivity contribution in [3.8, 4) is 11.8 Å². The molecule has 0 aromatic heterocycles. The van der Waals surface area contributed by atoms with Gasteiger partial charge in [-0.1, -0.05) is 17.9 Å². The van der Waals surface area contributed by atoms with Crippen LogP contribution in [0.15, 0.2) is 18.2 Å². The lowest BCUT2D eigenvalue weighted by Gasteiger charge is -2.27. The molecule has 1 aromatic rings. The molecule has 1 fully saturated rings. The molecular weight excluding hydrogens is 269 g/mol. The van der Waals surface area contributed by atoms with E-state index < -0.39 is 0 Å². The van der Waals surface area contributed by atoms with Gasteiger partial charge in [0, 0.05) is 30.8 Å². The average molecular weight is 291 g/mol. The molecular formula is C17H22FNO2. The first-order chi connectivity index (χ1) is 10.2. The van der Waals surface area contributed by atoms with Gasteiger partial charge in [0.2, 0.25) is 0 Å². The van der Waals surface area contributed by atoms with E-state index in [0.717, 1.165) is 26.0 Å². The molecule has 0 amide bonds. The standard InChI is InChI=1S/C17H22FNO2/c1-19(13-16-6-2-3-10-21-16)12-15-8-7-14(5-4-9-20)11-17(15)18/h7-8,11,16,20H,2-3,6,9-10,12-13H2,1H3. The van der Waals surface area contributed by atoms with E-state index in [1.807, 2.05) is 7.05 Å². The molecule has 0 aliphatic carbocycles. The van der Waals surface area contributed by atoms with E-state index in [2.05, 4.69) is 16.7 Å². The van der Waals surface area contributed by atoms with Crippen molar-refractivity contribution in [1.29, 1.82) is 0 Å². The van der Waals surface area contributed by atoms with Crippen LogP contribution in [0.25, 0.3) is 0 Å². The molecule has 4 heteroatoms. The van der Waals surface area contributed by atoms with Crippen molar-refractivity contribution < 1.29 is 14.2 Å². The monoisotopic (exact) mass is 291 g/mol. The third-order valence-corrected chi connectivity index (χ3v) is 3.59. The Kier molecular flexibility index (Phi) is 6.19. The summed E-state index contributed by atoms with van der Waals surface area (Å²) < 4.78 is 19.7. The minimum absolute atomic E-state index is 0.215. The predicted molar refractivity (Wildman–Crippen MR) is 80.3 cm³/mol. The quantitative estimate of drug-likeness (QED) is 0.863. The van der Waals surface area contributed by atoms with Crippen LogP contribution in [0.1, 0.15) is 30.4 Å². The van der Waals surface area contributed by atoms with E-state index in [4.69, 9.17) is 9.84 Å². The van der Waals surface area contributed by atoms with Gasteiger partial charge in [0.05, 0.1) is 6.10 Å². The van der Waals surface area contributed by atoms with Crippen LogP contribution in [0, 0.1) is 17.7 Å². The molecule has 1 aliphatic heterocycles. The molecule has 1 heterocycles. The zero-order valence-electron chi connectivity index (χ0n) is 12.4. The number of nitrogens with zero attached hydrogens (tertiary/aromatic N) is 1. The fraction of sp³-hybridized carbons (Fsp3) is 0.529. The number of likely N-dealkylation sites (N-methyl/N-ethyl adjacent to an activating group) is 1. The first-order valence-corrected chi connectivity index (χ1v) is 7.37. The fourth-order valence-corrected chi connectivity index (χ4v) is 2.55. The van der Waals surface area contributed by atoms with Crippen LogP contribution in [-0.4, -0.2) is 42.9 Å². The summed E-state index contributed by atoms with van der Waals surface area (Å²) in [5.74, 6) is 4.97. The molecule has 1 saturated heterocycles. The van der Waals surface area contributed by atoms with Gasteiger partial charge in [0.25, 0.3) is 0 Å². The molecule has 1 atom stereocenters. The number of hydrogen-bond acceptors (Lipinski definition) is 3. The van der Waals surface area contributed by atoms with Gasteiger partial charge >= 0.3 is 0 Å². The normalized spacial score (nSPS) is 18.4. The largest absolute Gasteiger partial charge is 0.384 e. The molecule has 1 unspecified atom stereocenters. The van der Waals surface area contributed by atoms with Crippen LogP contribution in [-0.2, 0) is 11.3 Å². The summed E-state index contributed by atoms with van der Waals surface area (Å²) in [5.41, 5.74) is 1.24. The maximum absolute atomic E-state index is 14.0. The van der Waals surface area contributed by atoms with Gasteiger partial charge in [0.1, 0.15) is 12.4 Å². The molecule has 0 radical (unpaired) electrons. The topological polar surface area (TPSA) is 32.7 Å². The molecule has 21 heavy (non-hydrogen) atoms. The Morgan fingerprint density at radius 2 is 2.29 bits per heavy atom. The molecule has 0 saturated carbocycles. The Balaban J connectivity index is 1.92. The van der Waals surface area contributed by atoms with Crippen molar-refractivity contribution >= 4 is 0 Å². The van der Waals surface area contributed by atoms with Gasteiger partial charge in [-0.25, -0.2) is 4.39 Å². The van der Waals surface area contributed by atoms with Crippen molar-refractivity contribution in [3.05, 3.63) is 35.1 Å². The minimum atomic E-state index is -0.254. The summed E-state index contributed by atoms with van der Waals surface area (Å²) >= 11 is 0. The van der Waals surface area contributed by atoms with Crippen molar-refractivity contribution in [2.75, 3.05) is 26.8 Å². The van der Waals surface area contributed by atoms with Gasteiger partial charge in [-0.05, 0) is 38.4 Å². The van der Waals surface area contributed by atoms with Gasteiger partial charge < -0.3 is 9.84 Å². The summed E-state index contributed by atoms with van der Waals surface area (Å²) in [4.78, 5) is 2.09. The lowest BCUT2D eigenvalue weighted by atomic mass is 10.1. The Labute approximate surface area is 125 Å². The Bertz CT molecular complexity index is 515. The van der Waals surface area contributed by atoms with E-state index in [1.165, 1.54) is 12.5 Å². The number of halogens is 1. The van der Waals surface area contributed by atoms with Crippen LogP contribution in [0.4, 0.5) is 4.39 Å². The zero-order chi connectivity index (χ0) is 15.1. The van der Waals surface area contributed by atoms with Crippen molar-refractivity contribution in [1.82, 2.24) is 4.90 Å². The number of aliphatic hydroxyl groups is 1.